The lowest BCUT2D eigenvalue weighted by atomic mass is 10.2. The molecule has 3 nitrogen and oxygen atoms in total. The monoisotopic (exact) mass is 273 g/mol. The average Bonchev–Trinajstić information content (AvgIpc) is 2.28. The summed E-state index contributed by atoms with van der Waals surface area (Å²) < 4.78 is 2.97. The molecule has 0 spiro atoms. The second kappa shape index (κ2) is 2.62. The lowest BCUT2D eigenvalue weighted by Crippen LogP contribution is -1.90. The van der Waals surface area contributed by atoms with E-state index in [2.05, 4.69) is 27.7 Å². The second-order valence-electron chi connectivity index (χ2n) is 2.67. The lowest BCUT2D eigenvalue weighted by Gasteiger charge is -1.93. The number of nitrogens with two attached hydrogens (primary N) is 1. The predicted octanol–water partition coefficient (Wildman–Crippen LogP) is 1.76. The van der Waals surface area contributed by atoms with Crippen molar-refractivity contribution in [3.63, 3.8) is 0 Å². The van der Waals surface area contributed by atoms with Crippen LogP contribution in [0.25, 0.3) is 10.9 Å². The van der Waals surface area contributed by atoms with E-state index in [0.29, 0.717) is 5.82 Å². The Bertz CT molecular complexity index is 433. The number of halogens is 1. The molecule has 0 fully saturated rings. The zero-order chi connectivity index (χ0) is 8.72. The number of nitrogen functional groups attached to an aromatic ring is 1. The van der Waals surface area contributed by atoms with E-state index >= 15 is 0 Å². The SMILES string of the molecule is Cn1nc(N)c2cc(I)ccc21. The van der Waals surface area contributed by atoms with Crippen LogP contribution in [0.5, 0.6) is 0 Å². The van der Waals surface area contributed by atoms with E-state index < -0.39 is 0 Å². The average molecular weight is 273 g/mol. The fourth-order valence-corrected chi connectivity index (χ4v) is 1.76. The zero-order valence-corrected chi connectivity index (χ0v) is 8.74. The molecule has 0 amide bonds. The second-order valence-corrected chi connectivity index (χ2v) is 3.92. The van der Waals surface area contributed by atoms with Crippen LogP contribution in [0.2, 0.25) is 0 Å². The van der Waals surface area contributed by atoms with Crippen molar-refractivity contribution in [3.05, 3.63) is 21.8 Å². The van der Waals surface area contributed by atoms with E-state index in [1.54, 1.807) is 4.68 Å². The maximum atomic E-state index is 5.71. The highest BCUT2D eigenvalue weighted by atomic mass is 127. The molecule has 2 rings (SSSR count). The molecular formula is C8H8IN3. The number of hydrogen-bond donors (Lipinski definition) is 1. The third-order valence-electron chi connectivity index (χ3n) is 1.84. The van der Waals surface area contributed by atoms with Gasteiger partial charge < -0.3 is 5.73 Å². The molecule has 0 saturated heterocycles. The first kappa shape index (κ1) is 7.85. The summed E-state index contributed by atoms with van der Waals surface area (Å²) in [5.74, 6) is 0.603. The van der Waals surface area contributed by atoms with Crippen LogP contribution in [0.4, 0.5) is 5.82 Å². The molecule has 0 atom stereocenters. The molecule has 4 heteroatoms. The van der Waals surface area contributed by atoms with Gasteiger partial charge in [-0.25, -0.2) is 0 Å². The molecule has 1 aromatic heterocycles. The molecule has 2 N–H and O–H groups in total. The first-order chi connectivity index (χ1) is 5.68. The largest absolute Gasteiger partial charge is 0.382 e. The van der Waals surface area contributed by atoms with Crippen LogP contribution in [0.15, 0.2) is 18.2 Å². The molecule has 12 heavy (non-hydrogen) atoms. The Hall–Kier alpha value is -0.780. The van der Waals surface area contributed by atoms with Gasteiger partial charge in [-0.2, -0.15) is 5.10 Å². The molecule has 1 heterocycles. The Morgan fingerprint density at radius 2 is 2.25 bits per heavy atom. The Morgan fingerprint density at radius 3 is 3.00 bits per heavy atom. The van der Waals surface area contributed by atoms with E-state index in [0.717, 1.165) is 10.9 Å². The summed E-state index contributed by atoms with van der Waals surface area (Å²) in [7, 11) is 1.89. The van der Waals surface area contributed by atoms with E-state index in [1.165, 1.54) is 3.57 Å². The van der Waals surface area contributed by atoms with E-state index in [1.807, 2.05) is 25.2 Å². The van der Waals surface area contributed by atoms with E-state index in [4.69, 9.17) is 5.73 Å². The standard InChI is InChI=1S/C8H8IN3/c1-12-7-3-2-5(9)4-6(7)8(10)11-12/h2-4H,1H3,(H2,10,11). The topological polar surface area (TPSA) is 43.8 Å². The predicted molar refractivity (Wildman–Crippen MR) is 57.8 cm³/mol. The van der Waals surface area contributed by atoms with E-state index in [-0.39, 0.29) is 0 Å². The first-order valence-electron chi connectivity index (χ1n) is 3.56. The summed E-state index contributed by atoms with van der Waals surface area (Å²) in [6, 6.07) is 6.11. The minimum absolute atomic E-state index is 0.603. The van der Waals surface area contributed by atoms with E-state index in [9.17, 15) is 0 Å². The number of hydrogen-bond acceptors (Lipinski definition) is 2. The summed E-state index contributed by atoms with van der Waals surface area (Å²) in [6.07, 6.45) is 0. The van der Waals surface area contributed by atoms with Gasteiger partial charge in [0.2, 0.25) is 0 Å². The maximum absolute atomic E-state index is 5.71. The van der Waals surface area contributed by atoms with Gasteiger partial charge in [0.25, 0.3) is 0 Å². The summed E-state index contributed by atoms with van der Waals surface area (Å²) >= 11 is 2.26. The van der Waals surface area contributed by atoms with Crippen molar-refractivity contribution < 1.29 is 0 Å². The first-order valence-corrected chi connectivity index (χ1v) is 4.64. The van der Waals surface area contributed by atoms with Crippen molar-refractivity contribution in [1.29, 1.82) is 0 Å². The molecular weight excluding hydrogens is 265 g/mol. The van der Waals surface area contributed by atoms with Crippen LogP contribution in [0.3, 0.4) is 0 Å². The minimum Gasteiger partial charge on any atom is -0.382 e. The molecule has 0 aliphatic heterocycles. The van der Waals surface area contributed by atoms with Crippen molar-refractivity contribution in [3.8, 4) is 0 Å². The van der Waals surface area contributed by atoms with Gasteiger partial charge in [0, 0.05) is 16.0 Å². The van der Waals surface area contributed by atoms with Crippen molar-refractivity contribution in [2.75, 3.05) is 5.73 Å². The number of aromatic nitrogens is 2. The number of anilines is 1. The fraction of sp³-hybridized carbons (Fsp3) is 0.125. The van der Waals surface area contributed by atoms with Gasteiger partial charge >= 0.3 is 0 Å². The summed E-state index contributed by atoms with van der Waals surface area (Å²) in [6.45, 7) is 0. The van der Waals surface area contributed by atoms with Gasteiger partial charge in [-0.15, -0.1) is 0 Å². The number of aryl methyl sites for hydroxylation is 1. The third kappa shape index (κ3) is 1.06. The van der Waals surface area contributed by atoms with Crippen LogP contribution in [0.1, 0.15) is 0 Å². The Morgan fingerprint density at radius 1 is 1.50 bits per heavy atom. The molecule has 0 aliphatic rings. The highest BCUT2D eigenvalue weighted by molar-refractivity contribution is 14.1. The van der Waals surface area contributed by atoms with Gasteiger partial charge in [-0.3, -0.25) is 4.68 Å². The lowest BCUT2D eigenvalue weighted by molar-refractivity contribution is 0.802. The number of rotatable bonds is 0. The van der Waals surface area contributed by atoms with Crippen molar-refractivity contribution in [1.82, 2.24) is 9.78 Å². The van der Waals surface area contributed by atoms with Crippen LogP contribution >= 0.6 is 22.6 Å². The zero-order valence-electron chi connectivity index (χ0n) is 6.58. The Labute approximate surface area is 83.7 Å². The number of nitrogens with zero attached hydrogens (tertiary/aromatic N) is 2. The van der Waals surface area contributed by atoms with Gasteiger partial charge in [-0.1, -0.05) is 0 Å². The molecule has 0 bridgehead atoms. The smallest absolute Gasteiger partial charge is 0.153 e. The fourth-order valence-electron chi connectivity index (χ4n) is 1.26. The summed E-state index contributed by atoms with van der Waals surface area (Å²) in [5, 5.41) is 5.15. The van der Waals surface area contributed by atoms with Crippen LogP contribution in [-0.4, -0.2) is 9.78 Å². The van der Waals surface area contributed by atoms with Gasteiger partial charge in [0.1, 0.15) is 0 Å². The highest BCUT2D eigenvalue weighted by Gasteiger charge is 2.04. The number of fused-ring (bicyclic) bond motifs is 1. The summed E-state index contributed by atoms with van der Waals surface area (Å²) in [4.78, 5) is 0. The maximum Gasteiger partial charge on any atom is 0.153 e. The third-order valence-corrected chi connectivity index (χ3v) is 2.51. The highest BCUT2D eigenvalue weighted by Crippen LogP contribution is 2.21. The van der Waals surface area contributed by atoms with Gasteiger partial charge in [0.05, 0.1) is 5.52 Å². The molecule has 0 aliphatic carbocycles. The van der Waals surface area contributed by atoms with Gasteiger partial charge in [-0.05, 0) is 40.8 Å². The normalized spacial score (nSPS) is 10.8. The Kier molecular flexibility index (Phi) is 1.71. The van der Waals surface area contributed by atoms with Crippen LogP contribution in [0, 0.1) is 3.57 Å². The molecule has 0 saturated carbocycles. The molecule has 2 aromatic rings. The number of benzene rings is 1. The molecule has 0 unspecified atom stereocenters. The molecule has 1 aromatic carbocycles. The van der Waals surface area contributed by atoms with Crippen molar-refractivity contribution in [2.24, 2.45) is 7.05 Å². The molecule has 62 valence electrons. The van der Waals surface area contributed by atoms with Gasteiger partial charge in [0.15, 0.2) is 5.82 Å². The van der Waals surface area contributed by atoms with Crippen molar-refractivity contribution in [2.45, 2.75) is 0 Å². The van der Waals surface area contributed by atoms with Crippen molar-refractivity contribution >= 4 is 39.3 Å². The molecule has 0 radical (unpaired) electrons. The Balaban J connectivity index is 2.90. The van der Waals surface area contributed by atoms with Crippen LogP contribution in [-0.2, 0) is 7.05 Å². The quantitative estimate of drug-likeness (QED) is 0.743. The minimum atomic E-state index is 0.603. The van der Waals surface area contributed by atoms with Crippen LogP contribution < -0.4 is 5.73 Å². The summed E-state index contributed by atoms with van der Waals surface area (Å²) in [5.41, 5.74) is 6.79.